The zero-order valence-corrected chi connectivity index (χ0v) is 21.6. The highest BCUT2D eigenvalue weighted by molar-refractivity contribution is 7.92. The number of benzene rings is 2. The molecule has 186 valence electrons. The number of ether oxygens (including phenoxy) is 1. The molecule has 1 unspecified atom stereocenters. The summed E-state index contributed by atoms with van der Waals surface area (Å²) in [6.45, 7) is 7.03. The zero-order chi connectivity index (χ0) is 25.5. The maximum Gasteiger partial charge on any atom is 0.244 e. The molecule has 0 aromatic heterocycles. The van der Waals surface area contributed by atoms with Crippen LogP contribution in [0.25, 0.3) is 0 Å². The highest BCUT2D eigenvalue weighted by atomic mass is 32.2. The van der Waals surface area contributed by atoms with E-state index < -0.39 is 34.1 Å². The lowest BCUT2D eigenvalue weighted by molar-refractivity contribution is -0.139. The number of carbonyl (C=O) groups is 2. The molecule has 2 aromatic carbocycles. The molecule has 0 heterocycles. The quantitative estimate of drug-likeness (QED) is 0.554. The number of hydrogen-bond donors (Lipinski definition) is 1. The third-order valence-corrected chi connectivity index (χ3v) is 6.31. The predicted molar refractivity (Wildman–Crippen MR) is 134 cm³/mol. The molecular formula is C25H35N3O5S. The van der Waals surface area contributed by atoms with Crippen molar-refractivity contribution in [3.8, 4) is 5.75 Å². The number of methoxy groups -OCH3 is 1. The largest absolute Gasteiger partial charge is 0.495 e. The number of sulfonamides is 1. The monoisotopic (exact) mass is 489 g/mol. The van der Waals surface area contributed by atoms with Crippen molar-refractivity contribution in [1.29, 1.82) is 0 Å². The Balaban J connectivity index is 2.36. The van der Waals surface area contributed by atoms with Crippen molar-refractivity contribution in [2.24, 2.45) is 0 Å². The second kappa shape index (κ2) is 11.4. The average molecular weight is 490 g/mol. The Morgan fingerprint density at radius 3 is 2.18 bits per heavy atom. The molecule has 0 aliphatic carbocycles. The number of amides is 2. The summed E-state index contributed by atoms with van der Waals surface area (Å²) < 4.78 is 31.6. The molecule has 9 heteroatoms. The third-order valence-electron chi connectivity index (χ3n) is 5.18. The first-order chi connectivity index (χ1) is 15.8. The number of nitrogens with zero attached hydrogens (tertiary/aromatic N) is 2. The van der Waals surface area contributed by atoms with Gasteiger partial charge in [-0.2, -0.15) is 0 Å². The summed E-state index contributed by atoms with van der Waals surface area (Å²) in [4.78, 5) is 27.8. The first kappa shape index (κ1) is 27.2. The van der Waals surface area contributed by atoms with Crippen LogP contribution in [0.3, 0.4) is 0 Å². The van der Waals surface area contributed by atoms with E-state index in [1.54, 1.807) is 31.2 Å². The molecule has 2 rings (SSSR count). The molecule has 1 N–H and O–H groups in total. The Kier molecular flexibility index (Phi) is 9.09. The van der Waals surface area contributed by atoms with Gasteiger partial charge in [-0.15, -0.1) is 0 Å². The first-order valence-corrected chi connectivity index (χ1v) is 12.9. The van der Waals surface area contributed by atoms with Gasteiger partial charge in [-0.1, -0.05) is 42.5 Å². The standard InChI is InChI=1S/C25H35N3O5S/c1-19(24(30)26-25(2,3)4)27(17-16-20-12-8-7-9-13-20)23(29)18-28(34(6,31)32)21-14-10-11-15-22(21)33-5/h7-15,19H,16-18H2,1-6H3,(H,26,30). The fourth-order valence-electron chi connectivity index (χ4n) is 3.47. The average Bonchev–Trinajstić information content (AvgIpc) is 2.76. The highest BCUT2D eigenvalue weighted by Crippen LogP contribution is 2.29. The smallest absolute Gasteiger partial charge is 0.244 e. The van der Waals surface area contributed by atoms with E-state index in [2.05, 4.69) is 5.32 Å². The predicted octanol–water partition coefficient (Wildman–Crippen LogP) is 2.84. The van der Waals surface area contributed by atoms with Crippen molar-refractivity contribution in [1.82, 2.24) is 10.2 Å². The van der Waals surface area contributed by atoms with Crippen molar-refractivity contribution in [2.45, 2.75) is 45.7 Å². The molecule has 0 aliphatic rings. The zero-order valence-electron chi connectivity index (χ0n) is 20.7. The molecule has 0 saturated heterocycles. The van der Waals surface area contributed by atoms with Crippen LogP contribution in [0.2, 0.25) is 0 Å². The lowest BCUT2D eigenvalue weighted by Gasteiger charge is -2.33. The fraction of sp³-hybridized carbons (Fsp3) is 0.440. The summed E-state index contributed by atoms with van der Waals surface area (Å²) >= 11 is 0. The van der Waals surface area contributed by atoms with Crippen LogP contribution in [-0.4, -0.2) is 63.2 Å². The Bertz CT molecular complexity index is 1080. The van der Waals surface area contributed by atoms with Gasteiger partial charge in [-0.05, 0) is 51.8 Å². The maximum absolute atomic E-state index is 13.5. The second-order valence-electron chi connectivity index (χ2n) is 9.18. The van der Waals surface area contributed by atoms with Crippen molar-refractivity contribution in [3.05, 3.63) is 60.2 Å². The Labute approximate surface area is 202 Å². The van der Waals surface area contributed by atoms with Gasteiger partial charge in [0.15, 0.2) is 0 Å². The molecule has 1 atom stereocenters. The van der Waals surface area contributed by atoms with Gasteiger partial charge >= 0.3 is 0 Å². The number of carbonyl (C=O) groups excluding carboxylic acids is 2. The molecule has 0 saturated carbocycles. The molecule has 0 aliphatic heterocycles. The number of nitrogens with one attached hydrogen (secondary N) is 1. The molecule has 0 fully saturated rings. The van der Waals surface area contributed by atoms with Crippen LogP contribution in [0.4, 0.5) is 5.69 Å². The van der Waals surface area contributed by atoms with Crippen molar-refractivity contribution in [3.63, 3.8) is 0 Å². The molecule has 2 aromatic rings. The van der Waals surface area contributed by atoms with E-state index in [1.165, 1.54) is 12.0 Å². The van der Waals surface area contributed by atoms with E-state index in [-0.39, 0.29) is 18.1 Å². The molecular weight excluding hydrogens is 454 g/mol. The Hall–Kier alpha value is -3.07. The van der Waals surface area contributed by atoms with Gasteiger partial charge in [-0.3, -0.25) is 13.9 Å². The lowest BCUT2D eigenvalue weighted by Crippen LogP contribution is -2.55. The third kappa shape index (κ3) is 7.76. The minimum atomic E-state index is -3.82. The van der Waals surface area contributed by atoms with Crippen molar-refractivity contribution < 1.29 is 22.7 Å². The highest BCUT2D eigenvalue weighted by Gasteiger charge is 2.31. The van der Waals surface area contributed by atoms with Crippen LogP contribution in [0, 0.1) is 0 Å². The van der Waals surface area contributed by atoms with Crippen LogP contribution in [0.15, 0.2) is 54.6 Å². The van der Waals surface area contributed by atoms with Crippen LogP contribution in [0.5, 0.6) is 5.75 Å². The first-order valence-electron chi connectivity index (χ1n) is 11.1. The Morgan fingerprint density at radius 1 is 1.03 bits per heavy atom. The van der Waals surface area contributed by atoms with Gasteiger partial charge in [0.1, 0.15) is 18.3 Å². The summed E-state index contributed by atoms with van der Waals surface area (Å²) in [5.41, 5.74) is 0.791. The summed E-state index contributed by atoms with van der Waals surface area (Å²) in [5.74, 6) is -0.462. The van der Waals surface area contributed by atoms with E-state index in [9.17, 15) is 18.0 Å². The number of rotatable bonds is 10. The molecule has 0 bridgehead atoms. The summed E-state index contributed by atoms with van der Waals surface area (Å²) in [6, 6.07) is 15.4. The fourth-order valence-corrected chi connectivity index (χ4v) is 4.33. The SMILES string of the molecule is COc1ccccc1N(CC(=O)N(CCc1ccccc1)C(C)C(=O)NC(C)(C)C)S(C)(=O)=O. The number of anilines is 1. The summed E-state index contributed by atoms with van der Waals surface area (Å²) in [7, 11) is -2.38. The minimum Gasteiger partial charge on any atom is -0.495 e. The maximum atomic E-state index is 13.5. The van der Waals surface area contributed by atoms with E-state index >= 15 is 0 Å². The van der Waals surface area contributed by atoms with Crippen molar-refractivity contribution >= 4 is 27.5 Å². The van der Waals surface area contributed by atoms with Gasteiger partial charge in [0.05, 0.1) is 19.1 Å². The van der Waals surface area contributed by atoms with Gasteiger partial charge in [-0.25, -0.2) is 8.42 Å². The van der Waals surface area contributed by atoms with Gasteiger partial charge in [0, 0.05) is 12.1 Å². The van der Waals surface area contributed by atoms with Gasteiger partial charge in [0.25, 0.3) is 0 Å². The van der Waals surface area contributed by atoms with Gasteiger partial charge in [0.2, 0.25) is 21.8 Å². The van der Waals surface area contributed by atoms with Crippen LogP contribution in [-0.2, 0) is 26.0 Å². The van der Waals surface area contributed by atoms with E-state index in [0.29, 0.717) is 12.2 Å². The minimum absolute atomic E-state index is 0.255. The summed E-state index contributed by atoms with van der Waals surface area (Å²) in [6.07, 6.45) is 1.56. The molecule has 0 spiro atoms. The van der Waals surface area contributed by atoms with E-state index in [1.807, 2.05) is 51.1 Å². The van der Waals surface area contributed by atoms with Crippen LogP contribution < -0.4 is 14.4 Å². The molecule has 0 radical (unpaired) electrons. The lowest BCUT2D eigenvalue weighted by atomic mass is 10.1. The van der Waals surface area contributed by atoms with Crippen LogP contribution in [0.1, 0.15) is 33.3 Å². The van der Waals surface area contributed by atoms with E-state index in [4.69, 9.17) is 4.74 Å². The van der Waals surface area contributed by atoms with Crippen molar-refractivity contribution in [2.75, 3.05) is 30.8 Å². The molecule has 34 heavy (non-hydrogen) atoms. The summed E-state index contributed by atoms with van der Waals surface area (Å²) in [5, 5.41) is 2.90. The molecule has 2 amide bonds. The number of hydrogen-bond acceptors (Lipinski definition) is 5. The molecule has 8 nitrogen and oxygen atoms in total. The van der Waals surface area contributed by atoms with Crippen LogP contribution >= 0.6 is 0 Å². The number of para-hydroxylation sites is 2. The van der Waals surface area contributed by atoms with Gasteiger partial charge < -0.3 is 15.0 Å². The van der Waals surface area contributed by atoms with E-state index in [0.717, 1.165) is 16.1 Å². The second-order valence-corrected chi connectivity index (χ2v) is 11.1. The normalized spacial score (nSPS) is 12.5. The Morgan fingerprint density at radius 2 is 1.62 bits per heavy atom. The topological polar surface area (TPSA) is 96.0 Å².